The van der Waals surface area contributed by atoms with Gasteiger partial charge in [-0.05, 0) is 51.5 Å². The molecule has 0 unspecified atom stereocenters. The van der Waals surface area contributed by atoms with Crippen LogP contribution >= 0.6 is 0 Å². The molecule has 144 valence electrons. The third-order valence-corrected chi connectivity index (χ3v) is 3.90. The Morgan fingerprint density at radius 3 is 2.15 bits per heavy atom. The van der Waals surface area contributed by atoms with E-state index in [-0.39, 0.29) is 0 Å². The maximum absolute atomic E-state index is 12.8. The van der Waals surface area contributed by atoms with Gasteiger partial charge in [0.05, 0.1) is 12.8 Å². The van der Waals surface area contributed by atoms with Crippen molar-refractivity contribution in [1.82, 2.24) is 0 Å². The van der Waals surface area contributed by atoms with Crippen molar-refractivity contribution in [2.75, 3.05) is 12.0 Å². The van der Waals surface area contributed by atoms with E-state index >= 15 is 0 Å². The number of carboxylic acid groups (broad SMARTS) is 1. The SMILES string of the molecule is COc1ccc(-c2ccccc2N(C(=O)OC(C)(C)C)[C@@H](C)C(=O)O)cc1. The van der Waals surface area contributed by atoms with Gasteiger partial charge in [-0.25, -0.2) is 9.59 Å². The van der Waals surface area contributed by atoms with Gasteiger partial charge in [0.1, 0.15) is 17.4 Å². The smallest absolute Gasteiger partial charge is 0.415 e. The number of rotatable bonds is 5. The van der Waals surface area contributed by atoms with Gasteiger partial charge in [0, 0.05) is 5.56 Å². The van der Waals surface area contributed by atoms with Crippen LogP contribution in [0.15, 0.2) is 48.5 Å². The quantitative estimate of drug-likeness (QED) is 0.833. The van der Waals surface area contributed by atoms with Crippen LogP contribution in [0.3, 0.4) is 0 Å². The number of carboxylic acids is 1. The van der Waals surface area contributed by atoms with Crippen molar-refractivity contribution in [1.29, 1.82) is 0 Å². The molecule has 0 heterocycles. The predicted octanol–water partition coefficient (Wildman–Crippen LogP) is 4.58. The monoisotopic (exact) mass is 371 g/mol. The van der Waals surface area contributed by atoms with Crippen LogP contribution in [0.1, 0.15) is 27.7 Å². The van der Waals surface area contributed by atoms with Crippen LogP contribution in [0.2, 0.25) is 0 Å². The molecule has 0 aliphatic heterocycles. The molecule has 6 heteroatoms. The number of benzene rings is 2. The normalized spacial score (nSPS) is 12.2. The average Bonchev–Trinajstić information content (AvgIpc) is 2.61. The lowest BCUT2D eigenvalue weighted by atomic mass is 10.0. The first-order valence-corrected chi connectivity index (χ1v) is 8.62. The van der Waals surface area contributed by atoms with Crippen LogP contribution in [0.4, 0.5) is 10.5 Å². The van der Waals surface area contributed by atoms with Gasteiger partial charge in [-0.15, -0.1) is 0 Å². The third-order valence-electron chi connectivity index (χ3n) is 3.90. The van der Waals surface area contributed by atoms with E-state index < -0.39 is 23.7 Å². The molecule has 2 rings (SSSR count). The predicted molar refractivity (Wildman–Crippen MR) is 104 cm³/mol. The molecular weight excluding hydrogens is 346 g/mol. The van der Waals surface area contributed by atoms with Crippen molar-refractivity contribution in [3.8, 4) is 16.9 Å². The van der Waals surface area contributed by atoms with E-state index in [1.165, 1.54) is 11.8 Å². The molecule has 2 aromatic carbocycles. The molecule has 0 radical (unpaired) electrons. The Labute approximate surface area is 159 Å². The summed E-state index contributed by atoms with van der Waals surface area (Å²) in [4.78, 5) is 25.6. The molecule has 0 saturated carbocycles. The van der Waals surface area contributed by atoms with E-state index in [4.69, 9.17) is 9.47 Å². The summed E-state index contributed by atoms with van der Waals surface area (Å²) < 4.78 is 10.6. The van der Waals surface area contributed by atoms with E-state index in [1.807, 2.05) is 36.4 Å². The number of amides is 1. The minimum absolute atomic E-state index is 0.465. The molecule has 0 aliphatic rings. The Morgan fingerprint density at radius 1 is 1.04 bits per heavy atom. The number of para-hydroxylation sites is 1. The summed E-state index contributed by atoms with van der Waals surface area (Å²) in [6.07, 6.45) is -0.710. The van der Waals surface area contributed by atoms with Gasteiger partial charge >= 0.3 is 12.1 Å². The van der Waals surface area contributed by atoms with Crippen molar-refractivity contribution in [2.24, 2.45) is 0 Å². The van der Waals surface area contributed by atoms with Crippen molar-refractivity contribution in [2.45, 2.75) is 39.3 Å². The lowest BCUT2D eigenvalue weighted by molar-refractivity contribution is -0.138. The van der Waals surface area contributed by atoms with Gasteiger partial charge in [-0.1, -0.05) is 30.3 Å². The number of ether oxygens (including phenoxy) is 2. The number of carbonyl (C=O) groups excluding carboxylic acids is 1. The summed E-state index contributed by atoms with van der Waals surface area (Å²) in [5, 5.41) is 9.52. The molecule has 0 bridgehead atoms. The third kappa shape index (κ3) is 5.00. The summed E-state index contributed by atoms with van der Waals surface area (Å²) in [6, 6.07) is 13.4. The zero-order valence-corrected chi connectivity index (χ0v) is 16.2. The summed E-state index contributed by atoms with van der Waals surface area (Å²) in [5.74, 6) is -0.412. The van der Waals surface area contributed by atoms with Crippen LogP contribution in [0.5, 0.6) is 5.75 Å². The molecule has 0 saturated heterocycles. The lowest BCUT2D eigenvalue weighted by Crippen LogP contribution is -2.46. The average molecular weight is 371 g/mol. The van der Waals surface area contributed by atoms with Crippen LogP contribution in [0.25, 0.3) is 11.1 Å². The van der Waals surface area contributed by atoms with Crippen molar-refractivity contribution in [3.63, 3.8) is 0 Å². The van der Waals surface area contributed by atoms with E-state index in [0.717, 1.165) is 11.1 Å². The largest absolute Gasteiger partial charge is 0.497 e. The number of hydrogen-bond donors (Lipinski definition) is 1. The van der Waals surface area contributed by atoms with E-state index in [2.05, 4.69) is 0 Å². The van der Waals surface area contributed by atoms with Gasteiger partial charge in [0.25, 0.3) is 0 Å². The topological polar surface area (TPSA) is 76.1 Å². The molecular formula is C21H25NO5. The van der Waals surface area contributed by atoms with E-state index in [0.29, 0.717) is 11.4 Å². The fourth-order valence-electron chi connectivity index (χ4n) is 2.59. The highest BCUT2D eigenvalue weighted by molar-refractivity contribution is 5.99. The number of aliphatic carboxylic acids is 1. The molecule has 1 N–H and O–H groups in total. The Balaban J connectivity index is 2.55. The van der Waals surface area contributed by atoms with Crippen molar-refractivity contribution < 1.29 is 24.2 Å². The Bertz CT molecular complexity index is 808. The van der Waals surface area contributed by atoms with Gasteiger partial charge in [-0.3, -0.25) is 4.90 Å². The van der Waals surface area contributed by atoms with Gasteiger partial charge in [0.15, 0.2) is 0 Å². The van der Waals surface area contributed by atoms with Gasteiger partial charge in [0.2, 0.25) is 0 Å². The molecule has 2 aromatic rings. The maximum Gasteiger partial charge on any atom is 0.415 e. The first-order chi connectivity index (χ1) is 12.6. The highest BCUT2D eigenvalue weighted by atomic mass is 16.6. The highest BCUT2D eigenvalue weighted by Gasteiger charge is 2.32. The summed E-state index contributed by atoms with van der Waals surface area (Å²) in [6.45, 7) is 6.68. The summed E-state index contributed by atoms with van der Waals surface area (Å²) in [7, 11) is 1.59. The number of hydrogen-bond acceptors (Lipinski definition) is 4. The standard InChI is InChI=1S/C21H25NO5/c1-14(19(23)24)22(20(25)27-21(2,3)4)18-9-7-6-8-17(18)15-10-12-16(26-5)13-11-15/h6-14H,1-5H3,(H,23,24)/t14-/m0/s1. The summed E-state index contributed by atoms with van der Waals surface area (Å²) >= 11 is 0. The second kappa shape index (κ2) is 8.12. The molecule has 0 fully saturated rings. The van der Waals surface area contributed by atoms with Crippen LogP contribution in [-0.4, -0.2) is 35.9 Å². The van der Waals surface area contributed by atoms with E-state index in [1.54, 1.807) is 40.0 Å². The summed E-state index contributed by atoms with van der Waals surface area (Å²) in [5.41, 5.74) is 1.27. The fraction of sp³-hybridized carbons (Fsp3) is 0.333. The first kappa shape index (κ1) is 20.3. The Kier molecular flexibility index (Phi) is 6.10. The van der Waals surface area contributed by atoms with Gasteiger partial charge < -0.3 is 14.6 Å². The lowest BCUT2D eigenvalue weighted by Gasteiger charge is -2.31. The number of methoxy groups -OCH3 is 1. The number of nitrogens with zero attached hydrogens (tertiary/aromatic N) is 1. The van der Waals surface area contributed by atoms with Crippen LogP contribution < -0.4 is 9.64 Å². The van der Waals surface area contributed by atoms with Crippen LogP contribution in [-0.2, 0) is 9.53 Å². The molecule has 6 nitrogen and oxygen atoms in total. The minimum Gasteiger partial charge on any atom is -0.497 e. The minimum atomic E-state index is -1.12. The second-order valence-corrected chi connectivity index (χ2v) is 7.11. The van der Waals surface area contributed by atoms with E-state index in [9.17, 15) is 14.7 Å². The number of anilines is 1. The van der Waals surface area contributed by atoms with Crippen molar-refractivity contribution in [3.05, 3.63) is 48.5 Å². The van der Waals surface area contributed by atoms with Crippen LogP contribution in [0, 0.1) is 0 Å². The first-order valence-electron chi connectivity index (χ1n) is 8.62. The molecule has 1 atom stereocenters. The molecule has 0 aliphatic carbocycles. The number of carbonyl (C=O) groups is 2. The Morgan fingerprint density at radius 2 is 1.63 bits per heavy atom. The zero-order chi connectivity index (χ0) is 20.2. The maximum atomic E-state index is 12.8. The molecule has 27 heavy (non-hydrogen) atoms. The second-order valence-electron chi connectivity index (χ2n) is 7.11. The fourth-order valence-corrected chi connectivity index (χ4v) is 2.59. The van der Waals surface area contributed by atoms with Crippen molar-refractivity contribution >= 4 is 17.7 Å². The Hall–Kier alpha value is -3.02. The molecule has 0 aromatic heterocycles. The molecule has 1 amide bonds. The highest BCUT2D eigenvalue weighted by Crippen LogP contribution is 2.34. The van der Waals surface area contributed by atoms with Gasteiger partial charge in [-0.2, -0.15) is 0 Å². The molecule has 0 spiro atoms. The zero-order valence-electron chi connectivity index (χ0n) is 16.2.